The van der Waals surface area contributed by atoms with Gasteiger partial charge in [-0.2, -0.15) is 0 Å². The van der Waals surface area contributed by atoms with Crippen LogP contribution in [0.15, 0.2) is 0 Å². The van der Waals surface area contributed by atoms with E-state index in [1.807, 2.05) is 0 Å². The predicted molar refractivity (Wildman–Crippen MR) is 66.5 cm³/mol. The minimum Gasteiger partial charge on any atom is 1.00 e. The van der Waals surface area contributed by atoms with Crippen molar-refractivity contribution in [2.24, 2.45) is 0 Å². The van der Waals surface area contributed by atoms with Crippen LogP contribution in [0.4, 0.5) is 0 Å². The molecule has 0 spiro atoms. The molecule has 0 aromatic heterocycles. The third-order valence-electron chi connectivity index (χ3n) is 1.41. The largest absolute Gasteiger partial charge is 1.00 e. The number of carbonyl (C=O) groups excluding carboxylic acids is 2. The fourth-order valence-electron chi connectivity index (χ4n) is 0.729. The van der Waals surface area contributed by atoms with Gasteiger partial charge in [0.2, 0.25) is 0 Å². The monoisotopic (exact) mass is 375 g/mol. The van der Waals surface area contributed by atoms with Crippen LogP contribution in [0.2, 0.25) is 8.87 Å². The average molecular weight is 374 g/mol. The van der Waals surface area contributed by atoms with E-state index in [1.54, 1.807) is 8.87 Å². The molecule has 4 nitrogen and oxygen atoms in total. The van der Waals surface area contributed by atoms with Crippen molar-refractivity contribution in [1.29, 1.82) is 0 Å². The molecule has 0 aliphatic rings. The van der Waals surface area contributed by atoms with Gasteiger partial charge in [-0.3, -0.25) is 0 Å². The summed E-state index contributed by atoms with van der Waals surface area (Å²) in [6.07, 6.45) is 5.84. The number of carboxylic acid groups (broad SMARTS) is 2. The molecule has 0 atom stereocenters. The van der Waals surface area contributed by atoms with Gasteiger partial charge < -0.3 is 19.8 Å². The Labute approximate surface area is 143 Å². The van der Waals surface area contributed by atoms with E-state index in [1.165, 1.54) is 25.7 Å². The van der Waals surface area contributed by atoms with E-state index in [4.69, 9.17) is 19.8 Å². The Bertz CT molecular complexity index is 151. The summed E-state index contributed by atoms with van der Waals surface area (Å²) in [5.41, 5.74) is 0. The molecule has 0 saturated heterocycles. The summed E-state index contributed by atoms with van der Waals surface area (Å²) in [4.78, 5) is 17.8. The van der Waals surface area contributed by atoms with Gasteiger partial charge in [0.1, 0.15) is 0 Å². The molecule has 0 aromatic carbocycles. The van der Waals surface area contributed by atoms with Gasteiger partial charge in [0.15, 0.2) is 0 Å². The maximum absolute atomic E-state index is 8.89. The minimum absolute atomic E-state index is 0. The van der Waals surface area contributed by atoms with Gasteiger partial charge >= 0.3 is 99.1 Å². The Hall–Kier alpha value is 0.739. The predicted octanol–water partition coefficient (Wildman–Crippen LogP) is -2.36. The molecule has 0 rings (SSSR count). The second-order valence-electron chi connectivity index (χ2n) is 3.44. The Morgan fingerprint density at radius 3 is 1.28 bits per heavy atom. The van der Waals surface area contributed by atoms with Gasteiger partial charge in [0.05, 0.1) is 0 Å². The van der Waals surface area contributed by atoms with E-state index in [9.17, 15) is 0 Å². The van der Waals surface area contributed by atoms with Crippen molar-refractivity contribution in [3.05, 3.63) is 0 Å². The number of hydrogen-bond donors (Lipinski definition) is 0. The minimum atomic E-state index is -1.08. The molecular formula is C12H24NaO4Sn+. The van der Waals surface area contributed by atoms with E-state index in [2.05, 4.69) is 13.8 Å². The first-order chi connectivity index (χ1) is 7.88. The van der Waals surface area contributed by atoms with Crippen molar-refractivity contribution >= 4 is 33.1 Å². The van der Waals surface area contributed by atoms with Gasteiger partial charge in [-0.1, -0.05) is 0 Å². The molecule has 6 heteroatoms. The summed E-state index contributed by atoms with van der Waals surface area (Å²) in [6.45, 7) is 6.53. The maximum Gasteiger partial charge on any atom is 1.00 e. The number of hydrogen-bond acceptors (Lipinski definition) is 4. The first-order valence-corrected chi connectivity index (χ1v) is 9.97. The molecule has 18 heavy (non-hydrogen) atoms. The Morgan fingerprint density at radius 2 is 1.11 bits per heavy atom. The molecule has 0 bridgehead atoms. The number of aliphatic carboxylic acids is 2. The van der Waals surface area contributed by atoms with Gasteiger partial charge in [-0.25, -0.2) is 0 Å². The van der Waals surface area contributed by atoms with Crippen LogP contribution in [-0.4, -0.2) is 33.1 Å². The van der Waals surface area contributed by atoms with Crippen LogP contribution in [0.25, 0.3) is 0 Å². The van der Waals surface area contributed by atoms with E-state index < -0.39 is 11.9 Å². The van der Waals surface area contributed by atoms with Crippen molar-refractivity contribution < 1.29 is 49.4 Å². The summed E-state index contributed by atoms with van der Waals surface area (Å²) < 4.78 is 3.25. The number of unbranched alkanes of at least 4 members (excludes halogenated alkanes) is 2. The first kappa shape index (κ1) is 27.1. The van der Waals surface area contributed by atoms with Crippen molar-refractivity contribution in [1.82, 2.24) is 0 Å². The molecule has 0 aliphatic carbocycles. The maximum atomic E-state index is 8.89. The second-order valence-corrected chi connectivity index (χ2v) is 7.72. The fraction of sp³-hybridized carbons (Fsp3) is 0.833. The van der Waals surface area contributed by atoms with E-state index >= 15 is 0 Å². The van der Waals surface area contributed by atoms with Gasteiger partial charge in [0, 0.05) is 11.9 Å². The second kappa shape index (κ2) is 26.3. The van der Waals surface area contributed by atoms with Crippen LogP contribution in [0.1, 0.15) is 53.4 Å². The summed E-state index contributed by atoms with van der Waals surface area (Å²) in [7, 11) is 0. The number of rotatable bonds is 6. The van der Waals surface area contributed by atoms with Gasteiger partial charge in [-0.15, -0.1) is 0 Å². The van der Waals surface area contributed by atoms with Crippen LogP contribution in [0, 0.1) is 0 Å². The zero-order chi connectivity index (χ0) is 14.1. The third-order valence-corrected chi connectivity index (χ3v) is 5.45. The fourth-order valence-corrected chi connectivity index (χ4v) is 4.89. The normalized spacial score (nSPS) is 7.33. The average Bonchev–Trinajstić information content (AvgIpc) is 2.16. The zero-order valence-corrected chi connectivity index (χ0v) is 17.2. The SMILES string of the molecule is CC(=O)[O-].CC(=O)[O-].CCC[CH2][Sn+2][CH2]CCC.[Na+]. The Balaban J connectivity index is -0.0000000922. The molecule has 0 amide bonds. The summed E-state index contributed by atoms with van der Waals surface area (Å²) >= 11 is 0.149. The Morgan fingerprint density at radius 1 is 0.889 bits per heavy atom. The zero-order valence-electron chi connectivity index (χ0n) is 12.4. The van der Waals surface area contributed by atoms with E-state index in [0.717, 1.165) is 13.8 Å². The molecule has 0 unspecified atom stereocenters. The smallest absolute Gasteiger partial charge is 1.00 e. The Kier molecular flexibility index (Phi) is 39.7. The van der Waals surface area contributed by atoms with Crippen molar-refractivity contribution in [2.45, 2.75) is 62.3 Å². The van der Waals surface area contributed by atoms with E-state index in [-0.39, 0.29) is 50.7 Å². The van der Waals surface area contributed by atoms with Crippen LogP contribution >= 0.6 is 0 Å². The van der Waals surface area contributed by atoms with Gasteiger partial charge in [-0.05, 0) is 13.8 Å². The van der Waals surface area contributed by atoms with Gasteiger partial charge in [0.25, 0.3) is 0 Å². The van der Waals surface area contributed by atoms with Crippen molar-refractivity contribution in [3.63, 3.8) is 0 Å². The molecule has 0 heterocycles. The molecule has 100 valence electrons. The van der Waals surface area contributed by atoms with E-state index in [0.29, 0.717) is 0 Å². The number of carbonyl (C=O) groups is 2. The van der Waals surface area contributed by atoms with Crippen LogP contribution < -0.4 is 39.8 Å². The van der Waals surface area contributed by atoms with Crippen LogP contribution in [0.5, 0.6) is 0 Å². The third kappa shape index (κ3) is 91.3. The quantitative estimate of drug-likeness (QED) is 0.385. The molecule has 0 N–H and O–H groups in total. The first-order valence-electron chi connectivity index (χ1n) is 5.94. The molecule has 0 fully saturated rings. The topological polar surface area (TPSA) is 80.3 Å². The van der Waals surface area contributed by atoms with Crippen LogP contribution in [0.3, 0.4) is 0 Å². The standard InChI is InChI=1S/2C4H9.2C2H4O2.Na.Sn/c2*1-3-4-2;2*1-2(3)4;;/h2*1,3-4H2,2H3;2*1H3,(H,3,4);;/q;;;;+1;+2/p-2. The van der Waals surface area contributed by atoms with Crippen molar-refractivity contribution in [3.8, 4) is 0 Å². The van der Waals surface area contributed by atoms with Crippen molar-refractivity contribution in [2.75, 3.05) is 0 Å². The molecular weight excluding hydrogens is 350 g/mol. The molecule has 0 saturated carbocycles. The molecule has 0 aliphatic heterocycles. The van der Waals surface area contributed by atoms with Crippen LogP contribution in [-0.2, 0) is 9.59 Å². The number of carboxylic acids is 2. The molecule has 0 radical (unpaired) electrons. The summed E-state index contributed by atoms with van der Waals surface area (Å²) in [6, 6.07) is 0. The summed E-state index contributed by atoms with van der Waals surface area (Å²) in [5, 5.41) is 17.8. The summed E-state index contributed by atoms with van der Waals surface area (Å²) in [5.74, 6) is -2.17. The molecule has 0 aromatic rings.